The zero-order valence-electron chi connectivity index (χ0n) is 20.6. The number of hydrogen-bond donors (Lipinski definition) is 0. The Balaban J connectivity index is 1.50. The summed E-state index contributed by atoms with van der Waals surface area (Å²) in [6.45, 7) is 0. The van der Waals surface area contributed by atoms with E-state index in [0.29, 0.717) is 34.4 Å². The van der Waals surface area contributed by atoms with Crippen LogP contribution in [0.4, 0.5) is 4.39 Å². The molecule has 0 N–H and O–H groups in total. The topological polar surface area (TPSA) is 70.8 Å². The van der Waals surface area contributed by atoms with Gasteiger partial charge < -0.3 is 14.2 Å². The summed E-state index contributed by atoms with van der Waals surface area (Å²) in [7, 11) is 3.23. The monoisotopic (exact) mass is 504 g/mol. The molecule has 0 saturated carbocycles. The standard InChI is InChI=1S/C30H21FN4O3/c1-36-23-14-10-19(15-24(23)37-2)25-22-13-9-17-5-3-4-6-21(17)27(22)38-30-26(25)29-33-28(34-35(29)16-32-30)18-7-11-20(31)12-8-18/h3-16,25H,1-2H3/t25-/m1/s1. The normalized spacial score (nSPS) is 14.1. The third kappa shape index (κ3) is 3.37. The summed E-state index contributed by atoms with van der Waals surface area (Å²) in [4.78, 5) is 9.52. The van der Waals surface area contributed by atoms with E-state index in [4.69, 9.17) is 19.2 Å². The molecule has 7 rings (SSSR count). The van der Waals surface area contributed by atoms with E-state index >= 15 is 0 Å². The Morgan fingerprint density at radius 3 is 2.53 bits per heavy atom. The third-order valence-corrected chi connectivity index (χ3v) is 6.94. The summed E-state index contributed by atoms with van der Waals surface area (Å²) in [6.07, 6.45) is 1.59. The number of hydrogen-bond acceptors (Lipinski definition) is 6. The first-order valence-electron chi connectivity index (χ1n) is 12.1. The summed E-state index contributed by atoms with van der Waals surface area (Å²) in [5.74, 6) is 2.34. The molecule has 2 aromatic heterocycles. The van der Waals surface area contributed by atoms with E-state index in [-0.39, 0.29) is 11.7 Å². The molecule has 186 valence electrons. The van der Waals surface area contributed by atoms with Crippen molar-refractivity contribution in [2.75, 3.05) is 14.2 Å². The van der Waals surface area contributed by atoms with Crippen LogP contribution < -0.4 is 14.2 Å². The smallest absolute Gasteiger partial charge is 0.228 e. The molecule has 0 bridgehead atoms. The van der Waals surface area contributed by atoms with Crippen LogP contribution in [0.5, 0.6) is 23.1 Å². The van der Waals surface area contributed by atoms with Gasteiger partial charge in [-0.25, -0.2) is 18.9 Å². The van der Waals surface area contributed by atoms with Gasteiger partial charge >= 0.3 is 0 Å². The van der Waals surface area contributed by atoms with Gasteiger partial charge in [-0.15, -0.1) is 5.10 Å². The van der Waals surface area contributed by atoms with E-state index < -0.39 is 0 Å². The molecule has 4 aromatic carbocycles. The summed E-state index contributed by atoms with van der Waals surface area (Å²) < 4.78 is 32.8. The second-order valence-electron chi connectivity index (χ2n) is 9.03. The van der Waals surface area contributed by atoms with Gasteiger partial charge in [-0.05, 0) is 47.3 Å². The summed E-state index contributed by atoms with van der Waals surface area (Å²) >= 11 is 0. The SMILES string of the molecule is COc1ccc([C@@H]2c3ccc4ccccc4c3Oc3ncn4nc(-c5ccc(F)cc5)nc4c32)cc1OC. The lowest BCUT2D eigenvalue weighted by molar-refractivity contribution is 0.354. The molecule has 7 nitrogen and oxygen atoms in total. The molecule has 0 aliphatic carbocycles. The van der Waals surface area contributed by atoms with Crippen molar-refractivity contribution >= 4 is 16.4 Å². The second-order valence-corrected chi connectivity index (χ2v) is 9.03. The van der Waals surface area contributed by atoms with Crippen LogP contribution in [0, 0.1) is 5.82 Å². The number of fused-ring (bicyclic) bond motifs is 6. The number of methoxy groups -OCH3 is 2. The fourth-order valence-electron chi connectivity index (χ4n) is 5.15. The molecule has 38 heavy (non-hydrogen) atoms. The van der Waals surface area contributed by atoms with Crippen molar-refractivity contribution in [2.45, 2.75) is 5.92 Å². The molecule has 0 unspecified atom stereocenters. The Kier molecular flexibility index (Phi) is 5.00. The first-order valence-corrected chi connectivity index (χ1v) is 12.1. The quantitative estimate of drug-likeness (QED) is 0.277. The van der Waals surface area contributed by atoms with Crippen molar-refractivity contribution in [3.05, 3.63) is 108 Å². The molecule has 1 aliphatic heterocycles. The van der Waals surface area contributed by atoms with Gasteiger partial charge in [-0.3, -0.25) is 0 Å². The van der Waals surface area contributed by atoms with Gasteiger partial charge in [0, 0.05) is 22.4 Å². The number of benzene rings is 4. The highest BCUT2D eigenvalue weighted by Crippen LogP contribution is 2.51. The first kappa shape index (κ1) is 22.2. The van der Waals surface area contributed by atoms with Crippen LogP contribution in [0.3, 0.4) is 0 Å². The molecule has 0 spiro atoms. The zero-order valence-corrected chi connectivity index (χ0v) is 20.6. The Labute approximate surface area is 217 Å². The minimum Gasteiger partial charge on any atom is -0.493 e. The fraction of sp³-hybridized carbons (Fsp3) is 0.100. The van der Waals surface area contributed by atoms with Gasteiger partial charge in [0.05, 0.1) is 19.8 Å². The fourth-order valence-corrected chi connectivity index (χ4v) is 5.15. The number of nitrogens with zero attached hydrogens (tertiary/aromatic N) is 4. The van der Waals surface area contributed by atoms with Crippen molar-refractivity contribution in [3.8, 4) is 34.5 Å². The van der Waals surface area contributed by atoms with Crippen LogP contribution in [-0.2, 0) is 0 Å². The molecule has 3 heterocycles. The molecule has 0 radical (unpaired) electrons. The highest BCUT2D eigenvalue weighted by molar-refractivity contribution is 5.91. The number of aromatic nitrogens is 4. The van der Waals surface area contributed by atoms with E-state index in [1.165, 1.54) is 12.1 Å². The Morgan fingerprint density at radius 2 is 1.71 bits per heavy atom. The van der Waals surface area contributed by atoms with Gasteiger partial charge in [0.1, 0.15) is 17.9 Å². The average Bonchev–Trinajstić information content (AvgIpc) is 3.40. The van der Waals surface area contributed by atoms with Crippen molar-refractivity contribution in [3.63, 3.8) is 0 Å². The van der Waals surface area contributed by atoms with Crippen molar-refractivity contribution in [2.24, 2.45) is 0 Å². The third-order valence-electron chi connectivity index (χ3n) is 6.94. The predicted molar refractivity (Wildman–Crippen MR) is 141 cm³/mol. The maximum Gasteiger partial charge on any atom is 0.228 e. The number of rotatable bonds is 4. The zero-order chi connectivity index (χ0) is 25.8. The van der Waals surface area contributed by atoms with Crippen LogP contribution >= 0.6 is 0 Å². The molecule has 0 amide bonds. The maximum atomic E-state index is 13.5. The van der Waals surface area contributed by atoms with Gasteiger partial charge in [0.15, 0.2) is 23.0 Å². The number of halogens is 1. The Bertz CT molecular complexity index is 1850. The summed E-state index contributed by atoms with van der Waals surface area (Å²) in [6, 6.07) is 24.3. The van der Waals surface area contributed by atoms with E-state index in [0.717, 1.165) is 33.2 Å². The molecular weight excluding hydrogens is 483 g/mol. The summed E-state index contributed by atoms with van der Waals surface area (Å²) in [5.41, 5.74) is 4.03. The molecule has 1 atom stereocenters. The van der Waals surface area contributed by atoms with Crippen LogP contribution in [0.15, 0.2) is 85.2 Å². The van der Waals surface area contributed by atoms with Crippen LogP contribution in [0.25, 0.3) is 27.8 Å². The van der Waals surface area contributed by atoms with Gasteiger partial charge in [-0.1, -0.05) is 42.5 Å². The highest BCUT2D eigenvalue weighted by Gasteiger charge is 2.35. The van der Waals surface area contributed by atoms with E-state index in [9.17, 15) is 4.39 Å². The van der Waals surface area contributed by atoms with Crippen molar-refractivity contribution in [1.82, 2.24) is 19.6 Å². The molecule has 8 heteroatoms. The van der Waals surface area contributed by atoms with Crippen molar-refractivity contribution in [1.29, 1.82) is 0 Å². The Morgan fingerprint density at radius 1 is 0.895 bits per heavy atom. The maximum absolute atomic E-state index is 13.5. The van der Waals surface area contributed by atoms with Crippen LogP contribution in [-0.4, -0.2) is 33.8 Å². The van der Waals surface area contributed by atoms with Crippen molar-refractivity contribution < 1.29 is 18.6 Å². The highest BCUT2D eigenvalue weighted by atomic mass is 19.1. The largest absolute Gasteiger partial charge is 0.493 e. The average molecular weight is 505 g/mol. The molecular formula is C30H21FN4O3. The molecule has 6 aromatic rings. The lowest BCUT2D eigenvalue weighted by Crippen LogP contribution is -2.15. The van der Waals surface area contributed by atoms with Crippen LogP contribution in [0.2, 0.25) is 0 Å². The second kappa shape index (κ2) is 8.55. The predicted octanol–water partition coefficient (Wildman–Crippen LogP) is 6.39. The van der Waals surface area contributed by atoms with E-state index in [1.807, 2.05) is 36.4 Å². The van der Waals surface area contributed by atoms with E-state index in [2.05, 4.69) is 28.3 Å². The van der Waals surface area contributed by atoms with Crippen LogP contribution in [0.1, 0.15) is 22.6 Å². The minimum atomic E-state index is -0.317. The number of ether oxygens (including phenoxy) is 3. The molecule has 1 aliphatic rings. The molecule has 0 saturated heterocycles. The minimum absolute atomic E-state index is 0.278. The lowest BCUT2D eigenvalue weighted by atomic mass is 9.82. The summed E-state index contributed by atoms with van der Waals surface area (Å²) in [5, 5.41) is 6.70. The lowest BCUT2D eigenvalue weighted by Gasteiger charge is -2.29. The van der Waals surface area contributed by atoms with E-state index in [1.54, 1.807) is 37.2 Å². The van der Waals surface area contributed by atoms with Gasteiger partial charge in [0.2, 0.25) is 5.88 Å². The van der Waals surface area contributed by atoms with Gasteiger partial charge in [-0.2, -0.15) is 0 Å². The Hall–Kier alpha value is -4.98. The first-order chi connectivity index (χ1) is 18.6. The molecule has 0 fully saturated rings. The van der Waals surface area contributed by atoms with Gasteiger partial charge in [0.25, 0.3) is 0 Å².